The monoisotopic (exact) mass is 1460 g/mol. The number of esters is 2. The minimum Gasteiger partial charge on any atom is -0.457 e. The third-order valence-electron chi connectivity index (χ3n) is 19.4. The van der Waals surface area contributed by atoms with E-state index in [9.17, 15) is 44.9 Å². The molecule has 8 heterocycles. The van der Waals surface area contributed by atoms with E-state index in [1.807, 2.05) is 69.2 Å². The summed E-state index contributed by atoms with van der Waals surface area (Å²) in [6.07, 6.45) is -14.3. The van der Waals surface area contributed by atoms with Crippen molar-refractivity contribution in [2.24, 2.45) is 67.8 Å². The number of carbonyl (C=O) groups is 6. The van der Waals surface area contributed by atoms with Crippen LogP contribution in [0.2, 0.25) is 0 Å². The predicted octanol–water partition coefficient (Wildman–Crippen LogP) is 10.6. The van der Waals surface area contributed by atoms with E-state index in [0.29, 0.717) is 19.4 Å². The Morgan fingerprint density at radius 1 is 0.475 bits per heavy atom. The van der Waals surface area contributed by atoms with Gasteiger partial charge in [0.2, 0.25) is 12.2 Å². The second kappa shape index (κ2) is 38.8. The van der Waals surface area contributed by atoms with Gasteiger partial charge in [-0.3, -0.25) is 24.6 Å². The standard InChI is InChI=1S/C29H44N6O10.C24H35Cl3N4O8.C7H11N3O3.C2H6/c1-8-18-13(3)14(4)21(32-34-30)28(40-18)44-24-16(6)25(42-20(38)10-9-12(2)36)29(45-26(24)17(7)37)43-23-15(5)22(33-35-31)27-39-11-19(23)41-27;1-7-15-11(3)12(4)17(30-31-29)21(35-15)37-18-13(5)19(36-16(34)9-8-10(2)32)22(38-20(18)14(6)33)39-23(28)24(25,26)27;1-3-5(9-10-8)7-12-2-4(13-7)6(3)11;1-2/h13-16,18-19,21-29H,8-11H2,1-7H3;11-13,15,17-22,28H,7-9H2,1-6H3;3-7,11H,2H2,1H3;1-2H3/t13-,14-,15+,16-,18-,19?,21?,22?,23-,24-,25?,26-,27+,28+,29+;11-,12-,13-,15-,17?,18-,19?,20-,21+,22-;3-,4?,5?,6+,7-;/m001./s1. The summed E-state index contributed by atoms with van der Waals surface area (Å²) in [4.78, 5) is 85.9. The number of hydrogen-bond acceptors (Lipinski definition) is 26. The molecular weight excluding hydrogens is 1370 g/mol. The zero-order chi connectivity index (χ0) is 74.1. The Morgan fingerprint density at radius 2 is 0.848 bits per heavy atom. The van der Waals surface area contributed by atoms with Gasteiger partial charge in [-0.15, -0.1) is 0 Å². The van der Waals surface area contributed by atoms with E-state index in [1.165, 1.54) is 27.7 Å². The highest BCUT2D eigenvalue weighted by atomic mass is 35.6. The fourth-order valence-corrected chi connectivity index (χ4v) is 13.3. The Kier molecular flexibility index (Phi) is 33.1. The van der Waals surface area contributed by atoms with E-state index in [1.54, 1.807) is 13.8 Å². The Morgan fingerprint density at radius 3 is 1.24 bits per heavy atom. The molecule has 0 amide bonds. The number of aliphatic hydroxyl groups is 1. The Balaban J connectivity index is 0.000000297. The third kappa shape index (κ3) is 21.4. The molecule has 0 saturated carbocycles. The Labute approximate surface area is 589 Å². The van der Waals surface area contributed by atoms with Crippen LogP contribution in [0.5, 0.6) is 0 Å². The van der Waals surface area contributed by atoms with Crippen molar-refractivity contribution in [3.05, 3.63) is 41.8 Å². The van der Waals surface area contributed by atoms with Crippen LogP contribution in [0, 0.1) is 52.8 Å². The number of aliphatic hydroxyl groups excluding tert-OH is 1. The first-order chi connectivity index (χ1) is 46.8. The van der Waals surface area contributed by atoms with Crippen LogP contribution in [0.4, 0.5) is 0 Å². The lowest BCUT2D eigenvalue weighted by molar-refractivity contribution is -0.336. The van der Waals surface area contributed by atoms with E-state index < -0.39 is 156 Å². The van der Waals surface area contributed by atoms with Gasteiger partial charge in [-0.05, 0) is 98.2 Å². The van der Waals surface area contributed by atoms with Crippen LogP contribution in [-0.4, -0.2) is 198 Å². The van der Waals surface area contributed by atoms with Gasteiger partial charge in [-0.2, -0.15) is 0 Å². The van der Waals surface area contributed by atoms with E-state index >= 15 is 0 Å². The molecule has 8 fully saturated rings. The van der Waals surface area contributed by atoms with E-state index in [2.05, 4.69) is 40.1 Å². The van der Waals surface area contributed by atoms with Crippen molar-refractivity contribution >= 4 is 75.8 Å². The summed E-state index contributed by atoms with van der Waals surface area (Å²) < 4.78 is 80.6. The maximum atomic E-state index is 13.1. The molecule has 8 unspecified atom stereocenters. The zero-order valence-electron chi connectivity index (χ0n) is 58.6. The molecule has 0 aromatic carbocycles. The first-order valence-corrected chi connectivity index (χ1v) is 34.6. The summed E-state index contributed by atoms with van der Waals surface area (Å²) in [5.74, 6) is -5.44. The highest BCUT2D eigenvalue weighted by Gasteiger charge is 2.57. The maximum absolute atomic E-state index is 13.1. The van der Waals surface area contributed by atoms with Crippen LogP contribution < -0.4 is 0 Å². The first-order valence-electron chi connectivity index (χ1n) is 33.5. The number of Topliss-reactive ketones (excluding diaryl/α,β-unsaturated/α-hetero) is 4. The van der Waals surface area contributed by atoms with Crippen molar-refractivity contribution in [2.45, 2.75) is 288 Å². The highest BCUT2D eigenvalue weighted by Crippen LogP contribution is 2.44. The predicted molar refractivity (Wildman–Crippen MR) is 352 cm³/mol. The van der Waals surface area contributed by atoms with Gasteiger partial charge >= 0.3 is 11.9 Å². The van der Waals surface area contributed by atoms with Crippen LogP contribution in [0.3, 0.4) is 0 Å². The van der Waals surface area contributed by atoms with Crippen molar-refractivity contribution in [3.63, 3.8) is 0 Å². The molecule has 0 aromatic heterocycles. The molecule has 8 saturated heterocycles. The molecule has 99 heavy (non-hydrogen) atoms. The highest BCUT2D eigenvalue weighted by molar-refractivity contribution is 6.76. The first kappa shape index (κ1) is 84.4. The molecule has 2 N–H and O–H groups in total. The van der Waals surface area contributed by atoms with Gasteiger partial charge in [-0.25, -0.2) is 0 Å². The molecule has 556 valence electrons. The van der Waals surface area contributed by atoms with Gasteiger partial charge in [0.1, 0.15) is 48.2 Å². The number of fused-ring (bicyclic) bond motifs is 4. The molecule has 0 aromatic rings. The molecule has 34 nitrogen and oxygen atoms in total. The molecule has 8 rings (SSSR count). The van der Waals surface area contributed by atoms with E-state index in [0.717, 1.165) is 0 Å². The van der Waals surface area contributed by atoms with Gasteiger partial charge in [-0.1, -0.05) is 138 Å². The van der Waals surface area contributed by atoms with Gasteiger partial charge in [0.25, 0.3) is 3.79 Å². The summed E-state index contributed by atoms with van der Waals surface area (Å²) in [7, 11) is 0. The summed E-state index contributed by atoms with van der Waals surface area (Å²) in [5.41, 5.74) is 36.0. The van der Waals surface area contributed by atoms with Crippen molar-refractivity contribution in [1.29, 1.82) is 5.41 Å². The lowest BCUT2D eigenvalue weighted by atomic mass is 9.81. The molecule has 0 radical (unpaired) electrons. The summed E-state index contributed by atoms with van der Waals surface area (Å²) in [6.45, 7) is 28.8. The minimum absolute atomic E-state index is 0.0112. The summed E-state index contributed by atoms with van der Waals surface area (Å²) in [6, 6.07) is -2.51. The largest absolute Gasteiger partial charge is 0.457 e. The Hall–Kier alpha value is -5.28. The van der Waals surface area contributed by atoms with Gasteiger partial charge in [0, 0.05) is 44.3 Å². The topological polar surface area (TPSA) is 471 Å². The molecule has 37 heteroatoms. The second-order valence-electron chi connectivity index (χ2n) is 25.9. The lowest BCUT2D eigenvalue weighted by Gasteiger charge is -2.49. The van der Waals surface area contributed by atoms with E-state index in [4.69, 9.17) is 118 Å². The van der Waals surface area contributed by atoms with Crippen molar-refractivity contribution in [3.8, 4) is 0 Å². The molecule has 0 spiro atoms. The van der Waals surface area contributed by atoms with Crippen LogP contribution in [0.25, 0.3) is 41.8 Å². The molecule has 4 bridgehead atoms. The minimum atomic E-state index is -2.25. The number of ketones is 4. The normalized spacial score (nSPS) is 39.6. The molecule has 8 aliphatic heterocycles. The summed E-state index contributed by atoms with van der Waals surface area (Å²) in [5, 5.41) is 32.9. The van der Waals surface area contributed by atoms with Crippen LogP contribution in [0.1, 0.15) is 149 Å². The molecule has 0 aliphatic carbocycles. The number of halogens is 3. The average Bonchev–Trinajstić information content (AvgIpc) is 1.64. The second-order valence-corrected chi connectivity index (χ2v) is 28.2. The number of azide groups is 4. The average molecular weight is 1470 g/mol. The number of ether oxygens (including phenoxy) is 14. The molecule has 8 aliphatic rings. The lowest BCUT2D eigenvalue weighted by Crippen LogP contribution is -2.62. The van der Waals surface area contributed by atoms with Crippen LogP contribution >= 0.6 is 34.8 Å². The van der Waals surface area contributed by atoms with Gasteiger partial charge in [0.15, 0.2) is 55.2 Å². The van der Waals surface area contributed by atoms with Gasteiger partial charge in [0.05, 0.1) is 74.6 Å². The fourth-order valence-electron chi connectivity index (χ4n) is 13.2. The van der Waals surface area contributed by atoms with Crippen molar-refractivity contribution in [2.75, 3.05) is 13.2 Å². The number of carbonyl (C=O) groups excluding carboxylic acids is 6. The number of rotatable bonds is 23. The quantitative estimate of drug-likeness (QED) is 0.0182. The third-order valence-corrected chi connectivity index (χ3v) is 19.9. The van der Waals surface area contributed by atoms with Crippen molar-refractivity contribution in [1.82, 2.24) is 0 Å². The number of hydrogen-bond donors (Lipinski definition) is 2. The summed E-state index contributed by atoms with van der Waals surface area (Å²) >= 11 is 17.3. The molecular formula is C62H96Cl3N13O21. The fraction of sp³-hybridized carbons (Fsp3) is 0.887. The van der Waals surface area contributed by atoms with Gasteiger partial charge < -0.3 is 81.0 Å². The van der Waals surface area contributed by atoms with Crippen LogP contribution in [-0.2, 0) is 95.1 Å². The number of alkyl halides is 3. The smallest absolute Gasteiger partial charge is 0.306 e. The number of nitrogens with zero attached hydrogens (tertiary/aromatic N) is 12. The maximum Gasteiger partial charge on any atom is 0.306 e. The number of nitrogens with one attached hydrogen (secondary N) is 1. The van der Waals surface area contributed by atoms with Crippen LogP contribution in [0.15, 0.2) is 20.5 Å². The van der Waals surface area contributed by atoms with Crippen molar-refractivity contribution < 1.29 is 100 Å². The van der Waals surface area contributed by atoms with E-state index in [-0.39, 0.29) is 103 Å². The molecule has 30 atom stereocenters. The Bertz CT molecular complexity index is 2980. The SMILES string of the molecule is CC.CC[C@@H]1O[C@H](O[C@H]2[C@H](C)C(OC(=O)CCC(C)=O)[C@H](OC(=N)C(Cl)(Cl)Cl)O[C@H]2C(C)=O)C(N=[N+]=[N-])[C@@H](C)[C@@H]1C.CC[C@@H]1O[C@H](O[C@H]2[C@H](C)C(OC(=O)CCC(C)=O)[C@H](O[C@@H]3C4CO[C@H](O4)C(N=[N+]=[N-])[C@H]3C)O[C@H]2C(C)=O)C(N=[N+]=[N-])[C@@H](C)[C@@H]1C.C[C@@H]1C(N=[N+]=[N-])[C@@H]2OCC(O2)[C@H]1O. The zero-order valence-corrected chi connectivity index (χ0v) is 60.9.